The molecule has 24 heavy (non-hydrogen) atoms. The third-order valence-corrected chi connectivity index (χ3v) is 4.75. The van der Waals surface area contributed by atoms with Crippen LogP contribution >= 0.6 is 0 Å². The van der Waals surface area contributed by atoms with Crippen molar-refractivity contribution < 1.29 is 4.79 Å². The second kappa shape index (κ2) is 6.07. The minimum absolute atomic E-state index is 0.143. The van der Waals surface area contributed by atoms with Crippen LogP contribution in [-0.4, -0.2) is 20.3 Å². The molecule has 4 rings (SSSR count). The zero-order valence-electron chi connectivity index (χ0n) is 13.7. The standard InChI is InChI=1S/C19H20N4O/c1-13-7-8-15(17-12-23-10-4-9-20-19(23)22-17)11-16(13)21-18(24)14-5-2-3-6-14/h4,7-12,14H,2-3,5-6H2,1H3,(H,21,24). The number of carbonyl (C=O) groups excluding carboxylic acids is 1. The predicted molar refractivity (Wildman–Crippen MR) is 93.7 cm³/mol. The maximum Gasteiger partial charge on any atom is 0.234 e. The third-order valence-electron chi connectivity index (χ3n) is 4.75. The van der Waals surface area contributed by atoms with E-state index >= 15 is 0 Å². The molecule has 0 bridgehead atoms. The normalized spacial score (nSPS) is 15.0. The summed E-state index contributed by atoms with van der Waals surface area (Å²) < 4.78 is 1.89. The van der Waals surface area contributed by atoms with Gasteiger partial charge in [-0.1, -0.05) is 25.0 Å². The number of hydrogen-bond donors (Lipinski definition) is 1. The highest BCUT2D eigenvalue weighted by molar-refractivity contribution is 5.94. The van der Waals surface area contributed by atoms with Crippen LogP contribution < -0.4 is 5.32 Å². The molecular formula is C19H20N4O. The molecular weight excluding hydrogens is 300 g/mol. The van der Waals surface area contributed by atoms with Crippen molar-refractivity contribution in [3.8, 4) is 11.3 Å². The number of hydrogen-bond acceptors (Lipinski definition) is 3. The van der Waals surface area contributed by atoms with Gasteiger partial charge in [0.05, 0.1) is 5.69 Å². The molecule has 1 saturated carbocycles. The molecule has 0 saturated heterocycles. The van der Waals surface area contributed by atoms with Gasteiger partial charge in [0.1, 0.15) is 0 Å². The van der Waals surface area contributed by atoms with Gasteiger partial charge in [-0.15, -0.1) is 0 Å². The molecule has 0 atom stereocenters. The topological polar surface area (TPSA) is 59.3 Å². The Hall–Kier alpha value is -2.69. The summed E-state index contributed by atoms with van der Waals surface area (Å²) >= 11 is 0. The summed E-state index contributed by atoms with van der Waals surface area (Å²) in [6.45, 7) is 2.01. The zero-order valence-corrected chi connectivity index (χ0v) is 13.7. The van der Waals surface area contributed by atoms with Gasteiger partial charge in [-0.25, -0.2) is 9.97 Å². The highest BCUT2D eigenvalue weighted by atomic mass is 16.1. The van der Waals surface area contributed by atoms with E-state index in [0.29, 0.717) is 5.78 Å². The van der Waals surface area contributed by atoms with Crippen LogP contribution in [0, 0.1) is 12.8 Å². The molecule has 1 fully saturated rings. The van der Waals surface area contributed by atoms with Crippen LogP contribution in [0.5, 0.6) is 0 Å². The molecule has 0 spiro atoms. The second-order valence-electron chi connectivity index (χ2n) is 6.45. The Bertz CT molecular complexity index is 860. The van der Waals surface area contributed by atoms with Crippen LogP contribution in [0.3, 0.4) is 0 Å². The van der Waals surface area contributed by atoms with Gasteiger partial charge in [0.15, 0.2) is 0 Å². The number of carbonyl (C=O) groups is 1. The number of fused-ring (bicyclic) bond motifs is 1. The highest BCUT2D eigenvalue weighted by Gasteiger charge is 2.23. The van der Waals surface area contributed by atoms with E-state index in [4.69, 9.17) is 0 Å². The second-order valence-corrected chi connectivity index (χ2v) is 6.45. The Kier molecular flexibility index (Phi) is 3.76. The monoisotopic (exact) mass is 320 g/mol. The number of amides is 1. The molecule has 1 aliphatic carbocycles. The quantitative estimate of drug-likeness (QED) is 0.798. The Morgan fingerprint density at radius 1 is 1.29 bits per heavy atom. The highest BCUT2D eigenvalue weighted by Crippen LogP contribution is 2.29. The Balaban J connectivity index is 1.64. The van der Waals surface area contributed by atoms with Gasteiger partial charge in [-0.2, -0.15) is 0 Å². The Morgan fingerprint density at radius 2 is 2.12 bits per heavy atom. The van der Waals surface area contributed by atoms with E-state index in [1.54, 1.807) is 6.20 Å². The van der Waals surface area contributed by atoms with Crippen molar-refractivity contribution in [2.45, 2.75) is 32.6 Å². The molecule has 3 aromatic rings. The first-order valence-electron chi connectivity index (χ1n) is 8.42. The average molecular weight is 320 g/mol. The smallest absolute Gasteiger partial charge is 0.234 e. The van der Waals surface area contributed by atoms with Gasteiger partial charge in [0, 0.05) is 35.8 Å². The fourth-order valence-corrected chi connectivity index (χ4v) is 3.31. The molecule has 1 aliphatic rings. The van der Waals surface area contributed by atoms with Crippen LogP contribution in [-0.2, 0) is 4.79 Å². The molecule has 2 aromatic heterocycles. The van der Waals surface area contributed by atoms with Gasteiger partial charge in [-0.3, -0.25) is 9.20 Å². The molecule has 0 unspecified atom stereocenters. The van der Waals surface area contributed by atoms with Crippen molar-refractivity contribution in [2.24, 2.45) is 5.92 Å². The van der Waals surface area contributed by atoms with Crippen LogP contribution in [0.25, 0.3) is 17.0 Å². The predicted octanol–water partition coefficient (Wildman–Crippen LogP) is 3.83. The first-order chi connectivity index (χ1) is 11.7. The minimum Gasteiger partial charge on any atom is -0.326 e. The Morgan fingerprint density at radius 3 is 2.92 bits per heavy atom. The molecule has 1 aromatic carbocycles. The van der Waals surface area contributed by atoms with Gasteiger partial charge in [0.25, 0.3) is 0 Å². The molecule has 1 amide bonds. The first kappa shape index (κ1) is 14.9. The van der Waals surface area contributed by atoms with Crippen molar-refractivity contribution >= 4 is 17.4 Å². The van der Waals surface area contributed by atoms with Crippen LogP contribution in [0.1, 0.15) is 31.2 Å². The number of aryl methyl sites for hydroxylation is 1. The van der Waals surface area contributed by atoms with E-state index in [9.17, 15) is 4.79 Å². The van der Waals surface area contributed by atoms with Gasteiger partial charge in [-0.05, 0) is 37.5 Å². The first-order valence-corrected chi connectivity index (χ1v) is 8.42. The SMILES string of the molecule is Cc1ccc(-c2cn3cccnc3n2)cc1NC(=O)C1CCCC1. The van der Waals surface area contributed by atoms with Crippen molar-refractivity contribution in [1.82, 2.24) is 14.4 Å². The van der Waals surface area contributed by atoms with Gasteiger partial charge in [0.2, 0.25) is 11.7 Å². The van der Waals surface area contributed by atoms with Crippen molar-refractivity contribution in [2.75, 3.05) is 5.32 Å². The number of imidazole rings is 1. The summed E-state index contributed by atoms with van der Waals surface area (Å²) in [6.07, 6.45) is 9.93. The van der Waals surface area contributed by atoms with Gasteiger partial charge >= 0.3 is 0 Å². The lowest BCUT2D eigenvalue weighted by molar-refractivity contribution is -0.119. The summed E-state index contributed by atoms with van der Waals surface area (Å²) in [5, 5.41) is 3.11. The van der Waals surface area contributed by atoms with Crippen molar-refractivity contribution in [3.63, 3.8) is 0 Å². The summed E-state index contributed by atoms with van der Waals surface area (Å²) in [7, 11) is 0. The summed E-state index contributed by atoms with van der Waals surface area (Å²) in [4.78, 5) is 21.2. The van der Waals surface area contributed by atoms with E-state index in [1.165, 1.54) is 0 Å². The number of rotatable bonds is 3. The molecule has 0 aliphatic heterocycles. The average Bonchev–Trinajstić information content (AvgIpc) is 3.26. The summed E-state index contributed by atoms with van der Waals surface area (Å²) in [5.41, 5.74) is 3.76. The molecule has 5 nitrogen and oxygen atoms in total. The maximum absolute atomic E-state index is 12.4. The van der Waals surface area contributed by atoms with Gasteiger partial charge < -0.3 is 5.32 Å². The molecule has 0 radical (unpaired) electrons. The van der Waals surface area contributed by atoms with Crippen LogP contribution in [0.4, 0.5) is 5.69 Å². The Labute approximate surface area is 140 Å². The lowest BCUT2D eigenvalue weighted by Crippen LogP contribution is -2.20. The fourth-order valence-electron chi connectivity index (χ4n) is 3.31. The van der Waals surface area contributed by atoms with E-state index in [1.807, 2.05) is 48.0 Å². The number of benzene rings is 1. The number of nitrogens with one attached hydrogen (secondary N) is 1. The van der Waals surface area contributed by atoms with E-state index in [0.717, 1.165) is 48.2 Å². The van der Waals surface area contributed by atoms with E-state index in [-0.39, 0.29) is 11.8 Å². The van der Waals surface area contributed by atoms with Crippen molar-refractivity contribution in [1.29, 1.82) is 0 Å². The van der Waals surface area contributed by atoms with E-state index in [2.05, 4.69) is 15.3 Å². The summed E-state index contributed by atoms with van der Waals surface area (Å²) in [5.74, 6) is 0.974. The largest absolute Gasteiger partial charge is 0.326 e. The molecule has 122 valence electrons. The third kappa shape index (κ3) is 2.77. The van der Waals surface area contributed by atoms with Crippen molar-refractivity contribution in [3.05, 3.63) is 48.4 Å². The number of anilines is 1. The zero-order chi connectivity index (χ0) is 16.5. The lowest BCUT2D eigenvalue weighted by atomic mass is 10.1. The van der Waals surface area contributed by atoms with E-state index < -0.39 is 0 Å². The number of aromatic nitrogens is 3. The maximum atomic E-state index is 12.4. The van der Waals surface area contributed by atoms with Crippen LogP contribution in [0.2, 0.25) is 0 Å². The number of nitrogens with zero attached hydrogens (tertiary/aromatic N) is 3. The molecule has 2 heterocycles. The van der Waals surface area contributed by atoms with Crippen LogP contribution in [0.15, 0.2) is 42.9 Å². The molecule has 5 heteroatoms. The fraction of sp³-hybridized carbons (Fsp3) is 0.316. The lowest BCUT2D eigenvalue weighted by Gasteiger charge is -2.13. The summed E-state index contributed by atoms with van der Waals surface area (Å²) in [6, 6.07) is 7.93. The molecule has 1 N–H and O–H groups in total. The minimum atomic E-state index is 0.143.